The minimum Gasteiger partial charge on any atom is -0.478 e. The molecule has 0 aliphatic carbocycles. The second-order valence-electron chi connectivity index (χ2n) is 3.80. The van der Waals surface area contributed by atoms with Crippen molar-refractivity contribution < 1.29 is 27.8 Å². The summed E-state index contributed by atoms with van der Waals surface area (Å²) in [5, 5.41) is 8.76. The second-order valence-corrected chi connectivity index (χ2v) is 3.80. The van der Waals surface area contributed by atoms with Gasteiger partial charge in [-0.3, -0.25) is 4.98 Å². The molecule has 0 atom stereocenters. The smallest absolute Gasteiger partial charge is 0.417 e. The van der Waals surface area contributed by atoms with Crippen molar-refractivity contribution in [2.45, 2.75) is 6.18 Å². The Morgan fingerprint density at radius 2 is 1.95 bits per heavy atom. The number of pyridine rings is 1. The predicted octanol–water partition coefficient (Wildman–Crippen LogP) is 3.59. The van der Waals surface area contributed by atoms with Gasteiger partial charge in [-0.2, -0.15) is 13.2 Å². The monoisotopic (exact) mass is 283 g/mol. The molecule has 2 aromatic rings. The summed E-state index contributed by atoms with van der Waals surface area (Å²) < 4.78 is 43.6. The van der Waals surface area contributed by atoms with Crippen molar-refractivity contribution in [2.24, 2.45) is 0 Å². The van der Waals surface area contributed by atoms with Crippen molar-refractivity contribution in [3.8, 4) is 11.5 Å². The van der Waals surface area contributed by atoms with E-state index in [1.54, 1.807) is 6.07 Å². The number of alkyl halides is 3. The summed E-state index contributed by atoms with van der Waals surface area (Å²) in [6, 6.07) is 5.75. The van der Waals surface area contributed by atoms with Crippen LogP contribution in [0.2, 0.25) is 0 Å². The Bertz CT molecular complexity index is 627. The molecule has 104 valence electrons. The number of nitrogens with zero attached hydrogens (tertiary/aromatic N) is 1. The highest BCUT2D eigenvalue weighted by atomic mass is 19.4. The summed E-state index contributed by atoms with van der Waals surface area (Å²) in [6.45, 7) is 0. The van der Waals surface area contributed by atoms with E-state index in [1.165, 1.54) is 18.5 Å². The van der Waals surface area contributed by atoms with Crippen LogP contribution in [0.5, 0.6) is 11.5 Å². The van der Waals surface area contributed by atoms with Crippen LogP contribution in [0.1, 0.15) is 15.9 Å². The molecule has 0 aliphatic heterocycles. The Hall–Kier alpha value is -2.57. The third-order valence-corrected chi connectivity index (χ3v) is 2.40. The van der Waals surface area contributed by atoms with Gasteiger partial charge in [0.1, 0.15) is 11.5 Å². The fraction of sp³-hybridized carbons (Fsp3) is 0.0769. The first-order valence-corrected chi connectivity index (χ1v) is 5.40. The molecule has 0 fully saturated rings. The molecular formula is C13H8F3NO3. The Morgan fingerprint density at radius 3 is 2.50 bits per heavy atom. The zero-order chi connectivity index (χ0) is 14.8. The topological polar surface area (TPSA) is 59.4 Å². The predicted molar refractivity (Wildman–Crippen MR) is 62.7 cm³/mol. The minimum absolute atomic E-state index is 0.115. The second kappa shape index (κ2) is 5.20. The minimum atomic E-state index is -4.78. The number of aromatic carboxylic acids is 1. The molecular weight excluding hydrogens is 275 g/mol. The zero-order valence-corrected chi connectivity index (χ0v) is 9.89. The van der Waals surface area contributed by atoms with Gasteiger partial charge in [0.15, 0.2) is 0 Å². The maximum Gasteiger partial charge on any atom is 0.417 e. The number of ether oxygens (including phenoxy) is 1. The summed E-state index contributed by atoms with van der Waals surface area (Å²) in [5.74, 6) is -1.51. The molecule has 0 aliphatic rings. The first-order chi connectivity index (χ1) is 9.38. The number of benzene rings is 1. The standard InChI is InChI=1S/C13H8F3NO3/c14-13(15,16)11-6-8(3-4-10(11)12(18)19)20-9-2-1-5-17-7-9/h1-7H,(H,18,19). The Balaban J connectivity index is 2.40. The van der Waals surface area contributed by atoms with Crippen molar-refractivity contribution in [1.29, 1.82) is 0 Å². The average Bonchev–Trinajstić information content (AvgIpc) is 2.38. The zero-order valence-electron chi connectivity index (χ0n) is 9.89. The first kappa shape index (κ1) is 13.9. The van der Waals surface area contributed by atoms with Gasteiger partial charge in [-0.05, 0) is 30.3 Å². The van der Waals surface area contributed by atoms with Gasteiger partial charge in [0.2, 0.25) is 0 Å². The van der Waals surface area contributed by atoms with Crippen molar-refractivity contribution >= 4 is 5.97 Å². The van der Waals surface area contributed by atoms with Gasteiger partial charge < -0.3 is 9.84 Å². The Labute approximate surface area is 111 Å². The van der Waals surface area contributed by atoms with Crippen LogP contribution in [-0.2, 0) is 6.18 Å². The fourth-order valence-corrected chi connectivity index (χ4v) is 1.55. The van der Waals surface area contributed by atoms with E-state index in [2.05, 4.69) is 4.98 Å². The summed E-state index contributed by atoms with van der Waals surface area (Å²) in [5.41, 5.74) is -2.08. The lowest BCUT2D eigenvalue weighted by molar-refractivity contribution is -0.138. The normalized spacial score (nSPS) is 11.2. The van der Waals surface area contributed by atoms with Gasteiger partial charge in [-0.15, -0.1) is 0 Å². The van der Waals surface area contributed by atoms with Gasteiger partial charge in [-0.25, -0.2) is 4.79 Å². The van der Waals surface area contributed by atoms with Crippen molar-refractivity contribution in [2.75, 3.05) is 0 Å². The van der Waals surface area contributed by atoms with Crippen LogP contribution >= 0.6 is 0 Å². The van der Waals surface area contributed by atoms with E-state index in [1.807, 2.05) is 0 Å². The molecule has 0 spiro atoms. The van der Waals surface area contributed by atoms with Crippen LogP contribution in [0.25, 0.3) is 0 Å². The van der Waals surface area contributed by atoms with Crippen LogP contribution in [0.4, 0.5) is 13.2 Å². The molecule has 0 saturated carbocycles. The Kier molecular flexibility index (Phi) is 3.60. The third-order valence-electron chi connectivity index (χ3n) is 2.40. The lowest BCUT2D eigenvalue weighted by Gasteiger charge is -2.12. The Morgan fingerprint density at radius 1 is 1.20 bits per heavy atom. The van der Waals surface area contributed by atoms with E-state index in [0.29, 0.717) is 6.07 Å². The van der Waals surface area contributed by atoms with Crippen molar-refractivity contribution in [1.82, 2.24) is 4.98 Å². The number of hydrogen-bond acceptors (Lipinski definition) is 3. The summed E-state index contributed by atoms with van der Waals surface area (Å²) in [4.78, 5) is 14.5. The van der Waals surface area contributed by atoms with Gasteiger partial charge in [0, 0.05) is 6.20 Å². The molecule has 2 rings (SSSR count). The highest BCUT2D eigenvalue weighted by molar-refractivity contribution is 5.89. The maximum atomic E-state index is 12.8. The SMILES string of the molecule is O=C(O)c1ccc(Oc2cccnc2)cc1C(F)(F)F. The van der Waals surface area contributed by atoms with E-state index < -0.39 is 23.3 Å². The number of aromatic nitrogens is 1. The molecule has 1 aromatic carbocycles. The molecule has 0 saturated heterocycles. The molecule has 7 heteroatoms. The van der Waals surface area contributed by atoms with Gasteiger partial charge in [-0.1, -0.05) is 0 Å². The quantitative estimate of drug-likeness (QED) is 0.935. The molecule has 1 N–H and O–H groups in total. The summed E-state index contributed by atoms with van der Waals surface area (Å²) in [7, 11) is 0. The van der Waals surface area contributed by atoms with Crippen LogP contribution in [0.3, 0.4) is 0 Å². The number of carboxylic acid groups (broad SMARTS) is 1. The summed E-state index contributed by atoms with van der Waals surface area (Å²) >= 11 is 0. The van der Waals surface area contributed by atoms with Gasteiger partial charge in [0.05, 0.1) is 17.3 Å². The number of carbonyl (C=O) groups is 1. The lowest BCUT2D eigenvalue weighted by atomic mass is 10.1. The molecule has 0 amide bonds. The van der Waals surface area contributed by atoms with E-state index in [4.69, 9.17) is 9.84 Å². The molecule has 20 heavy (non-hydrogen) atoms. The lowest BCUT2D eigenvalue weighted by Crippen LogP contribution is -2.12. The van der Waals surface area contributed by atoms with E-state index in [0.717, 1.165) is 12.1 Å². The van der Waals surface area contributed by atoms with Crippen LogP contribution in [0, 0.1) is 0 Å². The maximum absolute atomic E-state index is 12.8. The number of rotatable bonds is 3. The fourth-order valence-electron chi connectivity index (χ4n) is 1.55. The van der Waals surface area contributed by atoms with Crippen molar-refractivity contribution in [3.05, 3.63) is 53.9 Å². The average molecular weight is 283 g/mol. The van der Waals surface area contributed by atoms with Crippen molar-refractivity contribution in [3.63, 3.8) is 0 Å². The molecule has 0 radical (unpaired) electrons. The first-order valence-electron chi connectivity index (χ1n) is 5.40. The van der Waals surface area contributed by atoms with Crippen LogP contribution in [0.15, 0.2) is 42.7 Å². The highest BCUT2D eigenvalue weighted by Crippen LogP contribution is 2.35. The summed E-state index contributed by atoms with van der Waals surface area (Å²) in [6.07, 6.45) is -1.96. The van der Waals surface area contributed by atoms with Gasteiger partial charge >= 0.3 is 12.1 Å². The van der Waals surface area contributed by atoms with E-state index in [9.17, 15) is 18.0 Å². The van der Waals surface area contributed by atoms with Gasteiger partial charge in [0.25, 0.3) is 0 Å². The van der Waals surface area contributed by atoms with E-state index in [-0.39, 0.29) is 11.5 Å². The third kappa shape index (κ3) is 3.05. The van der Waals surface area contributed by atoms with Crippen LogP contribution < -0.4 is 4.74 Å². The van der Waals surface area contributed by atoms with Crippen LogP contribution in [-0.4, -0.2) is 16.1 Å². The molecule has 1 heterocycles. The molecule has 4 nitrogen and oxygen atoms in total. The number of hydrogen-bond donors (Lipinski definition) is 1. The largest absolute Gasteiger partial charge is 0.478 e. The van der Waals surface area contributed by atoms with E-state index >= 15 is 0 Å². The highest BCUT2D eigenvalue weighted by Gasteiger charge is 2.35. The molecule has 0 bridgehead atoms. The molecule has 0 unspecified atom stereocenters. The number of halogens is 3. The molecule has 1 aromatic heterocycles. The number of carboxylic acids is 1.